The molecule has 2 heterocycles. The fourth-order valence-electron chi connectivity index (χ4n) is 3.27. The summed E-state index contributed by atoms with van der Waals surface area (Å²) in [6, 6.07) is 28.4. The molecule has 6 heteroatoms. The number of ether oxygens (including phenoxy) is 3. The van der Waals surface area contributed by atoms with E-state index in [1.54, 1.807) is 6.20 Å². The van der Waals surface area contributed by atoms with E-state index in [-0.39, 0.29) is 6.10 Å². The van der Waals surface area contributed by atoms with E-state index in [1.807, 2.05) is 97.9 Å². The molecule has 0 aliphatic rings. The second kappa shape index (κ2) is 9.44. The van der Waals surface area contributed by atoms with Crippen LogP contribution in [-0.2, 0) is 0 Å². The van der Waals surface area contributed by atoms with Crippen LogP contribution in [0.25, 0.3) is 22.6 Å². The highest BCUT2D eigenvalue weighted by Crippen LogP contribution is 2.28. The fraction of sp³-hybridized carbons (Fsp3) is 0.111. The molecule has 0 aliphatic carbocycles. The first-order valence-electron chi connectivity index (χ1n) is 10.7. The smallest absolute Gasteiger partial charge is 0.227 e. The third-order valence-corrected chi connectivity index (χ3v) is 4.90. The molecule has 5 aromatic rings. The molecule has 2 aromatic heterocycles. The predicted octanol–water partition coefficient (Wildman–Crippen LogP) is 6.53. The monoisotopic (exact) mass is 438 g/mol. The van der Waals surface area contributed by atoms with Crippen LogP contribution < -0.4 is 14.2 Å². The molecule has 0 fully saturated rings. The number of pyridine rings is 1. The molecule has 164 valence electrons. The quantitative estimate of drug-likeness (QED) is 0.274. The Labute approximate surface area is 191 Å². The summed E-state index contributed by atoms with van der Waals surface area (Å²) in [4.78, 5) is 8.68. The molecule has 0 saturated carbocycles. The van der Waals surface area contributed by atoms with Crippen molar-refractivity contribution in [2.24, 2.45) is 0 Å². The van der Waals surface area contributed by atoms with Gasteiger partial charge in [0, 0.05) is 17.8 Å². The molecular weight excluding hydrogens is 416 g/mol. The van der Waals surface area contributed by atoms with Gasteiger partial charge in [-0.25, -0.2) is 9.97 Å². The average molecular weight is 438 g/mol. The zero-order chi connectivity index (χ0) is 22.5. The standard InChI is InChI=1S/C27H22N2O4/c1-19(31-26-8-4-5-17-28-26)18-30-21-13-15-23(16-14-21)32-22-11-9-20(10-12-22)27-29-24-6-2-3-7-25(24)33-27/h2-17,19H,18H2,1H3. The lowest BCUT2D eigenvalue weighted by molar-refractivity contribution is 0.138. The maximum Gasteiger partial charge on any atom is 0.227 e. The van der Waals surface area contributed by atoms with E-state index in [4.69, 9.17) is 18.6 Å². The van der Waals surface area contributed by atoms with Crippen LogP contribution in [0.4, 0.5) is 0 Å². The number of hydrogen-bond acceptors (Lipinski definition) is 6. The van der Waals surface area contributed by atoms with Gasteiger partial charge in [0.05, 0.1) is 0 Å². The van der Waals surface area contributed by atoms with Gasteiger partial charge in [0.25, 0.3) is 0 Å². The van der Waals surface area contributed by atoms with Gasteiger partial charge in [-0.1, -0.05) is 18.2 Å². The van der Waals surface area contributed by atoms with Crippen LogP contribution in [0.1, 0.15) is 6.92 Å². The largest absolute Gasteiger partial charge is 0.490 e. The molecule has 3 aromatic carbocycles. The number of oxazole rings is 1. The topological polar surface area (TPSA) is 66.6 Å². The van der Waals surface area contributed by atoms with E-state index >= 15 is 0 Å². The zero-order valence-corrected chi connectivity index (χ0v) is 18.0. The van der Waals surface area contributed by atoms with Crippen LogP contribution in [0.2, 0.25) is 0 Å². The summed E-state index contributed by atoms with van der Waals surface area (Å²) in [6.45, 7) is 2.35. The van der Waals surface area contributed by atoms with Crippen molar-refractivity contribution in [3.05, 3.63) is 97.2 Å². The number of aromatic nitrogens is 2. The van der Waals surface area contributed by atoms with E-state index in [1.165, 1.54) is 0 Å². The van der Waals surface area contributed by atoms with Crippen LogP contribution in [0, 0.1) is 0 Å². The maximum atomic E-state index is 5.95. The van der Waals surface area contributed by atoms with Crippen molar-refractivity contribution in [1.29, 1.82) is 0 Å². The summed E-state index contributed by atoms with van der Waals surface area (Å²) < 4.78 is 23.3. The van der Waals surface area contributed by atoms with Crippen molar-refractivity contribution < 1.29 is 18.6 Å². The molecule has 0 spiro atoms. The molecule has 33 heavy (non-hydrogen) atoms. The predicted molar refractivity (Wildman–Crippen MR) is 126 cm³/mol. The van der Waals surface area contributed by atoms with Gasteiger partial charge in [0.15, 0.2) is 5.58 Å². The maximum absolute atomic E-state index is 5.95. The molecule has 0 radical (unpaired) electrons. The fourth-order valence-corrected chi connectivity index (χ4v) is 3.27. The summed E-state index contributed by atoms with van der Waals surface area (Å²) in [5, 5.41) is 0. The van der Waals surface area contributed by atoms with Gasteiger partial charge >= 0.3 is 0 Å². The lowest BCUT2D eigenvalue weighted by Crippen LogP contribution is -2.21. The third kappa shape index (κ3) is 5.13. The second-order valence-electron chi connectivity index (χ2n) is 7.49. The number of hydrogen-bond donors (Lipinski definition) is 0. The first-order valence-corrected chi connectivity index (χ1v) is 10.7. The summed E-state index contributed by atoms with van der Waals surface area (Å²) >= 11 is 0. The van der Waals surface area contributed by atoms with Crippen LogP contribution in [0.5, 0.6) is 23.1 Å². The van der Waals surface area contributed by atoms with E-state index in [0.717, 1.165) is 33.9 Å². The summed E-state index contributed by atoms with van der Waals surface area (Å²) in [5.41, 5.74) is 2.50. The van der Waals surface area contributed by atoms with Crippen LogP contribution in [0.15, 0.2) is 102 Å². The minimum absolute atomic E-state index is 0.129. The van der Waals surface area contributed by atoms with E-state index < -0.39 is 0 Å². The van der Waals surface area contributed by atoms with Crippen molar-refractivity contribution in [2.75, 3.05) is 6.61 Å². The molecule has 0 amide bonds. The van der Waals surface area contributed by atoms with Crippen molar-refractivity contribution in [2.45, 2.75) is 13.0 Å². The van der Waals surface area contributed by atoms with Crippen LogP contribution in [0.3, 0.4) is 0 Å². The highest BCUT2D eigenvalue weighted by atomic mass is 16.5. The number of benzene rings is 3. The Balaban J connectivity index is 1.16. The Morgan fingerprint density at radius 2 is 1.48 bits per heavy atom. The molecule has 1 atom stereocenters. The SMILES string of the molecule is CC(COc1ccc(Oc2ccc(-c3nc4ccccc4o3)cc2)cc1)Oc1ccccn1. The Morgan fingerprint density at radius 1 is 0.788 bits per heavy atom. The van der Waals surface area contributed by atoms with E-state index in [9.17, 15) is 0 Å². The first-order chi connectivity index (χ1) is 16.2. The van der Waals surface area contributed by atoms with Crippen molar-refractivity contribution in [3.63, 3.8) is 0 Å². The minimum atomic E-state index is -0.129. The molecule has 5 rings (SSSR count). The molecule has 6 nitrogen and oxygen atoms in total. The molecule has 0 N–H and O–H groups in total. The summed E-state index contributed by atoms with van der Waals surface area (Å²) in [6.07, 6.45) is 1.57. The lowest BCUT2D eigenvalue weighted by atomic mass is 10.2. The minimum Gasteiger partial charge on any atom is -0.490 e. The Hall–Kier alpha value is -4.32. The number of rotatable bonds is 8. The first kappa shape index (κ1) is 20.6. The van der Waals surface area contributed by atoms with Crippen LogP contribution in [-0.4, -0.2) is 22.7 Å². The average Bonchev–Trinajstić information content (AvgIpc) is 3.29. The molecule has 1 unspecified atom stereocenters. The number of para-hydroxylation sites is 2. The zero-order valence-electron chi connectivity index (χ0n) is 18.0. The Morgan fingerprint density at radius 3 is 2.21 bits per heavy atom. The van der Waals surface area contributed by atoms with Crippen molar-refractivity contribution in [3.8, 4) is 34.6 Å². The van der Waals surface area contributed by atoms with E-state index in [0.29, 0.717) is 18.4 Å². The molecule has 0 saturated heterocycles. The molecule has 0 aliphatic heterocycles. The van der Waals surface area contributed by atoms with Gasteiger partial charge in [-0.15, -0.1) is 0 Å². The van der Waals surface area contributed by atoms with Gasteiger partial charge in [-0.2, -0.15) is 0 Å². The van der Waals surface area contributed by atoms with Gasteiger partial charge < -0.3 is 18.6 Å². The van der Waals surface area contributed by atoms with Gasteiger partial charge in [-0.05, 0) is 73.7 Å². The van der Waals surface area contributed by atoms with Gasteiger partial charge in [0.2, 0.25) is 11.8 Å². The highest BCUT2D eigenvalue weighted by Gasteiger charge is 2.09. The normalized spacial score (nSPS) is 11.8. The number of fused-ring (bicyclic) bond motifs is 1. The Bertz CT molecular complexity index is 1280. The molecular formula is C27H22N2O4. The number of nitrogens with zero attached hydrogens (tertiary/aromatic N) is 2. The molecule has 0 bridgehead atoms. The summed E-state index contributed by atoms with van der Waals surface area (Å²) in [7, 11) is 0. The van der Waals surface area contributed by atoms with E-state index in [2.05, 4.69) is 9.97 Å². The lowest BCUT2D eigenvalue weighted by Gasteiger charge is -2.15. The van der Waals surface area contributed by atoms with Crippen molar-refractivity contribution >= 4 is 11.1 Å². The summed E-state index contributed by atoms with van der Waals surface area (Å²) in [5.74, 6) is 3.35. The second-order valence-corrected chi connectivity index (χ2v) is 7.49. The Kier molecular flexibility index (Phi) is 5.89. The third-order valence-electron chi connectivity index (χ3n) is 4.90. The highest BCUT2D eigenvalue weighted by molar-refractivity contribution is 5.76. The van der Waals surface area contributed by atoms with Crippen molar-refractivity contribution in [1.82, 2.24) is 9.97 Å². The van der Waals surface area contributed by atoms with Crippen LogP contribution >= 0.6 is 0 Å². The van der Waals surface area contributed by atoms with Gasteiger partial charge in [0.1, 0.15) is 35.5 Å². The van der Waals surface area contributed by atoms with Gasteiger partial charge in [-0.3, -0.25) is 0 Å².